The predicted molar refractivity (Wildman–Crippen MR) is 70.7 cm³/mol. The molecule has 0 atom stereocenters. The second-order valence-corrected chi connectivity index (χ2v) is 4.69. The molecule has 1 aromatic carbocycles. The lowest BCUT2D eigenvalue weighted by Crippen LogP contribution is -2.26. The van der Waals surface area contributed by atoms with Gasteiger partial charge >= 0.3 is 0 Å². The molecule has 18 heavy (non-hydrogen) atoms. The van der Waals surface area contributed by atoms with Crippen LogP contribution in [0.25, 0.3) is 0 Å². The first-order valence-corrected chi connectivity index (χ1v) is 6.79. The van der Waals surface area contributed by atoms with Crippen molar-refractivity contribution in [1.82, 2.24) is 0 Å². The minimum absolute atomic E-state index is 0.215. The van der Waals surface area contributed by atoms with Crippen LogP contribution < -0.4 is 4.74 Å². The maximum atomic E-state index is 5.73. The molecule has 1 aliphatic heterocycles. The molecule has 0 N–H and O–H groups in total. The van der Waals surface area contributed by atoms with Crippen molar-refractivity contribution in [3.8, 4) is 5.75 Å². The summed E-state index contributed by atoms with van der Waals surface area (Å²) >= 11 is 0. The lowest BCUT2D eigenvalue weighted by atomic mass is 10.1. The van der Waals surface area contributed by atoms with Gasteiger partial charge in [0.1, 0.15) is 5.75 Å². The summed E-state index contributed by atoms with van der Waals surface area (Å²) in [5.74, 6) is 1.44. The molecule has 2 rings (SSSR count). The van der Waals surface area contributed by atoms with Crippen LogP contribution in [-0.2, 0) is 9.47 Å². The van der Waals surface area contributed by atoms with Crippen molar-refractivity contribution in [1.29, 1.82) is 0 Å². The highest BCUT2D eigenvalue weighted by Crippen LogP contribution is 2.27. The third-order valence-corrected chi connectivity index (χ3v) is 3.17. The van der Waals surface area contributed by atoms with E-state index in [9.17, 15) is 0 Å². The first kappa shape index (κ1) is 13.4. The molecule has 1 aliphatic rings. The molecule has 1 saturated heterocycles. The lowest BCUT2D eigenvalue weighted by molar-refractivity contribution is -0.205. The molecule has 100 valence electrons. The fraction of sp³-hybridized carbons (Fsp3) is 0.600. The monoisotopic (exact) mass is 250 g/mol. The van der Waals surface area contributed by atoms with Crippen molar-refractivity contribution in [2.75, 3.05) is 19.8 Å². The molecule has 0 radical (unpaired) electrons. The minimum Gasteiger partial charge on any atom is -0.494 e. The van der Waals surface area contributed by atoms with E-state index in [4.69, 9.17) is 14.2 Å². The van der Waals surface area contributed by atoms with Gasteiger partial charge in [-0.25, -0.2) is 0 Å². The number of rotatable bonds is 5. The van der Waals surface area contributed by atoms with Crippen LogP contribution in [-0.4, -0.2) is 19.8 Å². The zero-order valence-electron chi connectivity index (χ0n) is 11.2. The van der Waals surface area contributed by atoms with E-state index in [1.54, 1.807) is 0 Å². The predicted octanol–water partition coefficient (Wildman–Crippen LogP) is 3.55. The van der Waals surface area contributed by atoms with Crippen molar-refractivity contribution in [3.63, 3.8) is 0 Å². The van der Waals surface area contributed by atoms with Crippen LogP contribution in [0.5, 0.6) is 5.75 Å². The van der Waals surface area contributed by atoms with Gasteiger partial charge in [-0.15, -0.1) is 0 Å². The summed E-state index contributed by atoms with van der Waals surface area (Å²) in [4.78, 5) is 0. The number of hydrogen-bond donors (Lipinski definition) is 0. The summed E-state index contributed by atoms with van der Waals surface area (Å²) in [7, 11) is 0. The van der Waals surface area contributed by atoms with Crippen LogP contribution in [0.2, 0.25) is 0 Å². The van der Waals surface area contributed by atoms with Gasteiger partial charge in [0.25, 0.3) is 0 Å². The second-order valence-electron chi connectivity index (χ2n) is 4.69. The zero-order chi connectivity index (χ0) is 12.8. The van der Waals surface area contributed by atoms with E-state index in [0.717, 1.165) is 44.0 Å². The first-order valence-electron chi connectivity index (χ1n) is 6.79. The highest BCUT2D eigenvalue weighted by molar-refractivity contribution is 5.28. The SMILES string of the molecule is CCCOc1ccc(C2OCC(CC)CO2)cc1. The molecule has 0 amide bonds. The molecule has 0 unspecified atom stereocenters. The van der Waals surface area contributed by atoms with E-state index < -0.39 is 0 Å². The van der Waals surface area contributed by atoms with Crippen molar-refractivity contribution in [2.24, 2.45) is 5.92 Å². The molecule has 1 heterocycles. The molecule has 0 aromatic heterocycles. The van der Waals surface area contributed by atoms with Crippen molar-refractivity contribution >= 4 is 0 Å². The van der Waals surface area contributed by atoms with E-state index in [1.165, 1.54) is 0 Å². The quantitative estimate of drug-likeness (QED) is 0.800. The van der Waals surface area contributed by atoms with Crippen LogP contribution in [0.4, 0.5) is 0 Å². The maximum absolute atomic E-state index is 5.73. The summed E-state index contributed by atoms with van der Waals surface area (Å²) in [6, 6.07) is 7.98. The van der Waals surface area contributed by atoms with Gasteiger partial charge in [-0.05, 0) is 25.0 Å². The molecule has 0 spiro atoms. The Morgan fingerprint density at radius 3 is 2.33 bits per heavy atom. The Kier molecular flexibility index (Phi) is 5.02. The van der Waals surface area contributed by atoms with Crippen LogP contribution in [0.3, 0.4) is 0 Å². The van der Waals surface area contributed by atoms with Crippen LogP contribution in [0.15, 0.2) is 24.3 Å². The van der Waals surface area contributed by atoms with Gasteiger partial charge in [0, 0.05) is 11.5 Å². The minimum atomic E-state index is -0.215. The smallest absolute Gasteiger partial charge is 0.183 e. The largest absolute Gasteiger partial charge is 0.494 e. The van der Waals surface area contributed by atoms with Gasteiger partial charge in [0.05, 0.1) is 19.8 Å². The number of hydrogen-bond acceptors (Lipinski definition) is 3. The highest BCUT2D eigenvalue weighted by Gasteiger charge is 2.22. The molecule has 3 nitrogen and oxygen atoms in total. The molecule has 1 aromatic rings. The Hall–Kier alpha value is -1.06. The Labute approximate surface area is 109 Å². The van der Waals surface area contributed by atoms with Crippen LogP contribution >= 0.6 is 0 Å². The molecule has 3 heteroatoms. The summed E-state index contributed by atoms with van der Waals surface area (Å²) in [6.45, 7) is 6.60. The Balaban J connectivity index is 1.89. The molecular formula is C15H22O3. The van der Waals surface area contributed by atoms with Gasteiger partial charge in [0.15, 0.2) is 6.29 Å². The Morgan fingerprint density at radius 2 is 1.78 bits per heavy atom. The third-order valence-electron chi connectivity index (χ3n) is 3.17. The second kappa shape index (κ2) is 6.76. The summed E-state index contributed by atoms with van der Waals surface area (Å²) in [6.07, 6.45) is 1.92. The van der Waals surface area contributed by atoms with Crippen LogP contribution in [0.1, 0.15) is 38.5 Å². The number of benzene rings is 1. The Morgan fingerprint density at radius 1 is 1.11 bits per heavy atom. The topological polar surface area (TPSA) is 27.7 Å². The molecule has 1 fully saturated rings. The van der Waals surface area contributed by atoms with Crippen LogP contribution in [0, 0.1) is 5.92 Å². The average Bonchev–Trinajstić information content (AvgIpc) is 2.46. The fourth-order valence-corrected chi connectivity index (χ4v) is 1.91. The number of ether oxygens (including phenoxy) is 3. The van der Waals surface area contributed by atoms with Crippen molar-refractivity contribution < 1.29 is 14.2 Å². The third kappa shape index (κ3) is 3.47. The molecular weight excluding hydrogens is 228 g/mol. The standard InChI is InChI=1S/C15H22O3/c1-3-9-16-14-7-5-13(6-8-14)15-17-10-12(4-2)11-18-15/h5-8,12,15H,3-4,9-11H2,1-2H3. The molecule has 0 bridgehead atoms. The highest BCUT2D eigenvalue weighted by atomic mass is 16.7. The van der Waals surface area contributed by atoms with Gasteiger partial charge in [-0.3, -0.25) is 0 Å². The van der Waals surface area contributed by atoms with Crippen molar-refractivity contribution in [3.05, 3.63) is 29.8 Å². The zero-order valence-corrected chi connectivity index (χ0v) is 11.2. The lowest BCUT2D eigenvalue weighted by Gasteiger charge is -2.29. The summed E-state index contributed by atoms with van der Waals surface area (Å²) < 4.78 is 17.0. The Bertz CT molecular complexity index is 339. The van der Waals surface area contributed by atoms with Gasteiger partial charge in [-0.2, -0.15) is 0 Å². The first-order chi connectivity index (χ1) is 8.83. The van der Waals surface area contributed by atoms with Gasteiger partial charge in [0.2, 0.25) is 0 Å². The average molecular weight is 250 g/mol. The van der Waals surface area contributed by atoms with E-state index >= 15 is 0 Å². The van der Waals surface area contributed by atoms with Gasteiger partial charge < -0.3 is 14.2 Å². The van der Waals surface area contributed by atoms with E-state index in [1.807, 2.05) is 24.3 Å². The maximum Gasteiger partial charge on any atom is 0.183 e. The van der Waals surface area contributed by atoms with E-state index in [-0.39, 0.29) is 6.29 Å². The van der Waals surface area contributed by atoms with Crippen molar-refractivity contribution in [2.45, 2.75) is 33.0 Å². The normalized spacial score (nSPS) is 23.9. The molecule has 0 saturated carbocycles. The van der Waals surface area contributed by atoms with Gasteiger partial charge in [-0.1, -0.05) is 26.0 Å². The summed E-state index contributed by atoms with van der Waals surface area (Å²) in [5.41, 5.74) is 1.06. The summed E-state index contributed by atoms with van der Waals surface area (Å²) in [5, 5.41) is 0. The molecule has 0 aliphatic carbocycles. The fourth-order valence-electron chi connectivity index (χ4n) is 1.91. The van der Waals surface area contributed by atoms with E-state index in [2.05, 4.69) is 13.8 Å². The van der Waals surface area contributed by atoms with E-state index in [0.29, 0.717) is 5.92 Å².